The topological polar surface area (TPSA) is 68.3 Å². The van der Waals surface area contributed by atoms with Gasteiger partial charge in [0.15, 0.2) is 0 Å². The number of nitrogens with zero attached hydrogens (tertiary/aromatic N) is 2. The van der Waals surface area contributed by atoms with Crippen LogP contribution in [0.2, 0.25) is 0 Å². The van der Waals surface area contributed by atoms with E-state index in [-0.39, 0.29) is 24.1 Å². The van der Waals surface area contributed by atoms with Crippen molar-refractivity contribution in [2.45, 2.75) is 25.4 Å². The molecular formula is C12H17N3O2. The van der Waals surface area contributed by atoms with E-state index in [0.29, 0.717) is 6.54 Å². The van der Waals surface area contributed by atoms with Gasteiger partial charge in [0.2, 0.25) is 5.91 Å². The Morgan fingerprint density at radius 3 is 3.00 bits per heavy atom. The van der Waals surface area contributed by atoms with Gasteiger partial charge in [-0.2, -0.15) is 0 Å². The third kappa shape index (κ3) is 2.94. The second-order valence-corrected chi connectivity index (χ2v) is 4.41. The van der Waals surface area contributed by atoms with Crippen LogP contribution in [-0.2, 0) is 11.3 Å². The highest BCUT2D eigenvalue weighted by molar-refractivity contribution is 5.76. The van der Waals surface area contributed by atoms with Gasteiger partial charge in [0.1, 0.15) is 6.54 Å². The Morgan fingerprint density at radius 2 is 2.29 bits per heavy atom. The molecule has 1 amide bonds. The summed E-state index contributed by atoms with van der Waals surface area (Å²) in [6, 6.07) is 4.94. The smallest absolute Gasteiger partial charge is 0.250 e. The lowest BCUT2D eigenvalue weighted by molar-refractivity contribution is -0.133. The molecule has 1 aromatic heterocycles. The first-order chi connectivity index (χ1) is 8.16. The molecule has 0 radical (unpaired) electrons. The van der Waals surface area contributed by atoms with Crippen LogP contribution in [-0.4, -0.2) is 34.5 Å². The van der Waals surface area contributed by atoms with Crippen molar-refractivity contribution in [3.05, 3.63) is 34.7 Å². The van der Waals surface area contributed by atoms with Crippen molar-refractivity contribution in [3.8, 4) is 0 Å². The average Bonchev–Trinajstić information content (AvgIpc) is 2.32. The van der Waals surface area contributed by atoms with Crippen LogP contribution in [0.5, 0.6) is 0 Å². The molecule has 1 unspecified atom stereocenters. The summed E-state index contributed by atoms with van der Waals surface area (Å²) in [5.74, 6) is -0.0338. The lowest BCUT2D eigenvalue weighted by Crippen LogP contribution is -2.47. The summed E-state index contributed by atoms with van der Waals surface area (Å²) >= 11 is 0. The van der Waals surface area contributed by atoms with Gasteiger partial charge in [-0.15, -0.1) is 0 Å². The van der Waals surface area contributed by atoms with Crippen LogP contribution >= 0.6 is 0 Å². The number of likely N-dealkylation sites (tertiary alicyclic amines) is 1. The Bertz CT molecular complexity index is 455. The fraction of sp³-hybridized carbons (Fsp3) is 0.500. The number of nitrogens with two attached hydrogens (primary N) is 1. The fourth-order valence-corrected chi connectivity index (χ4v) is 2.07. The van der Waals surface area contributed by atoms with Crippen LogP contribution in [0.3, 0.4) is 0 Å². The molecule has 2 N–H and O–H groups in total. The number of piperidine rings is 1. The summed E-state index contributed by atoms with van der Waals surface area (Å²) in [6.07, 6.45) is 3.54. The number of amides is 1. The monoisotopic (exact) mass is 235 g/mol. The van der Waals surface area contributed by atoms with E-state index in [1.165, 1.54) is 10.6 Å². The van der Waals surface area contributed by atoms with Crippen LogP contribution in [0.4, 0.5) is 0 Å². The van der Waals surface area contributed by atoms with Gasteiger partial charge < -0.3 is 15.2 Å². The van der Waals surface area contributed by atoms with Crippen molar-refractivity contribution in [2.75, 3.05) is 13.1 Å². The zero-order chi connectivity index (χ0) is 12.3. The summed E-state index contributed by atoms with van der Waals surface area (Å²) in [5.41, 5.74) is 5.67. The standard InChI is InChI=1S/C12H17N3O2/c13-10-4-3-7-14(8-10)12(17)9-15-6-2-1-5-11(15)16/h1-2,5-6,10H,3-4,7-9,13H2. The zero-order valence-electron chi connectivity index (χ0n) is 9.71. The number of aromatic nitrogens is 1. The van der Waals surface area contributed by atoms with E-state index >= 15 is 0 Å². The van der Waals surface area contributed by atoms with Gasteiger partial charge in [-0.25, -0.2) is 0 Å². The molecule has 1 fully saturated rings. The van der Waals surface area contributed by atoms with E-state index in [0.717, 1.165) is 19.4 Å². The van der Waals surface area contributed by atoms with Gasteiger partial charge in [0, 0.05) is 31.4 Å². The lowest BCUT2D eigenvalue weighted by Gasteiger charge is -2.30. The van der Waals surface area contributed by atoms with Crippen LogP contribution < -0.4 is 11.3 Å². The van der Waals surface area contributed by atoms with Gasteiger partial charge in [0.05, 0.1) is 0 Å². The van der Waals surface area contributed by atoms with Crippen LogP contribution in [0.15, 0.2) is 29.2 Å². The maximum atomic E-state index is 12.0. The molecule has 2 heterocycles. The zero-order valence-corrected chi connectivity index (χ0v) is 9.71. The fourth-order valence-electron chi connectivity index (χ4n) is 2.07. The molecule has 1 aliphatic heterocycles. The van der Waals surface area contributed by atoms with Gasteiger partial charge in [-0.3, -0.25) is 9.59 Å². The molecule has 1 aromatic rings. The number of carbonyl (C=O) groups is 1. The quantitative estimate of drug-likeness (QED) is 0.771. The van der Waals surface area contributed by atoms with Crippen LogP contribution in [0.25, 0.3) is 0 Å². The van der Waals surface area contributed by atoms with Gasteiger partial charge in [0.25, 0.3) is 5.56 Å². The molecule has 1 aliphatic rings. The van der Waals surface area contributed by atoms with E-state index in [2.05, 4.69) is 0 Å². The Balaban J connectivity index is 2.02. The third-order valence-electron chi connectivity index (χ3n) is 3.02. The molecule has 0 spiro atoms. The summed E-state index contributed by atoms with van der Waals surface area (Å²) in [7, 11) is 0. The van der Waals surface area contributed by atoms with Crippen molar-refractivity contribution in [1.82, 2.24) is 9.47 Å². The highest BCUT2D eigenvalue weighted by Crippen LogP contribution is 2.08. The van der Waals surface area contributed by atoms with E-state index in [1.807, 2.05) is 0 Å². The summed E-state index contributed by atoms with van der Waals surface area (Å²) in [5, 5.41) is 0. The molecular weight excluding hydrogens is 218 g/mol. The molecule has 1 atom stereocenters. The van der Waals surface area contributed by atoms with Gasteiger partial charge in [-0.1, -0.05) is 6.07 Å². The third-order valence-corrected chi connectivity index (χ3v) is 3.02. The Hall–Kier alpha value is -1.62. The minimum absolute atomic E-state index is 0.0338. The molecule has 0 aliphatic carbocycles. The predicted molar refractivity (Wildman–Crippen MR) is 64.5 cm³/mol. The van der Waals surface area contributed by atoms with Crippen molar-refractivity contribution in [1.29, 1.82) is 0 Å². The Morgan fingerprint density at radius 1 is 1.47 bits per heavy atom. The molecule has 0 aromatic carbocycles. The molecule has 92 valence electrons. The highest BCUT2D eigenvalue weighted by atomic mass is 16.2. The summed E-state index contributed by atoms with van der Waals surface area (Å²) in [4.78, 5) is 25.2. The van der Waals surface area contributed by atoms with E-state index in [1.54, 1.807) is 23.2 Å². The molecule has 5 heteroatoms. The van der Waals surface area contributed by atoms with Crippen molar-refractivity contribution < 1.29 is 4.79 Å². The highest BCUT2D eigenvalue weighted by Gasteiger charge is 2.21. The first-order valence-electron chi connectivity index (χ1n) is 5.85. The van der Waals surface area contributed by atoms with E-state index in [9.17, 15) is 9.59 Å². The molecule has 5 nitrogen and oxygen atoms in total. The Labute approximate surface area is 99.8 Å². The Kier molecular flexibility index (Phi) is 3.58. The molecule has 17 heavy (non-hydrogen) atoms. The van der Waals surface area contributed by atoms with Gasteiger partial charge in [-0.05, 0) is 18.9 Å². The first-order valence-corrected chi connectivity index (χ1v) is 5.85. The minimum Gasteiger partial charge on any atom is -0.340 e. The minimum atomic E-state index is -0.151. The average molecular weight is 235 g/mol. The molecule has 1 saturated heterocycles. The van der Waals surface area contributed by atoms with E-state index in [4.69, 9.17) is 5.73 Å². The number of hydrogen-bond acceptors (Lipinski definition) is 3. The normalized spacial score (nSPS) is 20.3. The lowest BCUT2D eigenvalue weighted by atomic mass is 10.1. The van der Waals surface area contributed by atoms with Crippen molar-refractivity contribution >= 4 is 5.91 Å². The predicted octanol–water partition coefficient (Wildman–Crippen LogP) is -0.202. The van der Waals surface area contributed by atoms with Crippen LogP contribution in [0, 0.1) is 0 Å². The number of pyridine rings is 1. The molecule has 2 rings (SSSR count). The van der Waals surface area contributed by atoms with Crippen molar-refractivity contribution in [2.24, 2.45) is 5.73 Å². The second-order valence-electron chi connectivity index (χ2n) is 4.41. The van der Waals surface area contributed by atoms with Gasteiger partial charge >= 0.3 is 0 Å². The SMILES string of the molecule is NC1CCCN(C(=O)Cn2ccccc2=O)C1. The number of carbonyl (C=O) groups excluding carboxylic acids is 1. The second kappa shape index (κ2) is 5.14. The van der Waals surface area contributed by atoms with Crippen molar-refractivity contribution in [3.63, 3.8) is 0 Å². The molecule has 0 saturated carbocycles. The maximum Gasteiger partial charge on any atom is 0.250 e. The largest absolute Gasteiger partial charge is 0.340 e. The summed E-state index contributed by atoms with van der Waals surface area (Å²) < 4.78 is 1.42. The molecule has 0 bridgehead atoms. The summed E-state index contributed by atoms with van der Waals surface area (Å²) in [6.45, 7) is 1.45. The number of hydrogen-bond donors (Lipinski definition) is 1. The maximum absolute atomic E-state index is 12.0. The first kappa shape index (κ1) is 11.9. The van der Waals surface area contributed by atoms with Crippen LogP contribution in [0.1, 0.15) is 12.8 Å². The van der Waals surface area contributed by atoms with E-state index < -0.39 is 0 Å². The number of rotatable bonds is 2.